The van der Waals surface area contributed by atoms with Crippen LogP contribution in [-0.2, 0) is 24.9 Å². The number of nitrogens with one attached hydrogen (secondary N) is 1. The second kappa shape index (κ2) is 8.27. The van der Waals surface area contributed by atoms with Gasteiger partial charge in [0.05, 0.1) is 5.69 Å². The molecule has 27 heavy (non-hydrogen) atoms. The number of carbonyl (C=O) groups excluding carboxylic acids is 1. The Hall–Kier alpha value is -2.12. The van der Waals surface area contributed by atoms with Crippen molar-refractivity contribution in [2.75, 3.05) is 32.8 Å². The largest absolute Gasteiger partial charge is 0.381 e. The van der Waals surface area contributed by atoms with Crippen molar-refractivity contribution >= 4 is 5.91 Å². The molecule has 0 aromatic carbocycles. The Morgan fingerprint density at radius 2 is 2.11 bits per heavy atom. The summed E-state index contributed by atoms with van der Waals surface area (Å²) in [5.41, 5.74) is 1.96. The summed E-state index contributed by atoms with van der Waals surface area (Å²) in [5, 5.41) is 7.62. The average molecular weight is 371 g/mol. The fourth-order valence-electron chi connectivity index (χ4n) is 4.21. The van der Waals surface area contributed by atoms with Gasteiger partial charge in [0.25, 0.3) is 5.91 Å². The van der Waals surface area contributed by atoms with Crippen LogP contribution in [0.4, 0.5) is 0 Å². The highest BCUT2D eigenvalue weighted by atomic mass is 16.5. The van der Waals surface area contributed by atoms with Gasteiger partial charge in [0, 0.05) is 71.3 Å². The van der Waals surface area contributed by atoms with Gasteiger partial charge in [-0.3, -0.25) is 14.4 Å². The highest BCUT2D eigenvalue weighted by Gasteiger charge is 2.25. The summed E-state index contributed by atoms with van der Waals surface area (Å²) in [5.74, 6) is 1.03. The van der Waals surface area contributed by atoms with E-state index in [1.807, 2.05) is 36.1 Å². The maximum Gasteiger partial charge on any atom is 0.267 e. The lowest BCUT2D eigenvalue weighted by molar-refractivity contribution is 0.0494. The maximum absolute atomic E-state index is 12.5. The number of carbonyl (C=O) groups is 1. The molecular weight excluding hydrogens is 342 g/mol. The van der Waals surface area contributed by atoms with Crippen LogP contribution in [0.3, 0.4) is 0 Å². The van der Waals surface area contributed by atoms with Crippen molar-refractivity contribution in [3.05, 3.63) is 42.0 Å². The molecule has 4 heterocycles. The Balaban J connectivity index is 1.40. The van der Waals surface area contributed by atoms with Crippen LogP contribution < -0.4 is 5.32 Å². The van der Waals surface area contributed by atoms with Gasteiger partial charge in [-0.1, -0.05) is 0 Å². The van der Waals surface area contributed by atoms with Crippen molar-refractivity contribution in [3.8, 4) is 0 Å². The van der Waals surface area contributed by atoms with Crippen molar-refractivity contribution in [1.29, 1.82) is 0 Å². The van der Waals surface area contributed by atoms with Gasteiger partial charge in [0.2, 0.25) is 0 Å². The van der Waals surface area contributed by atoms with E-state index in [0.29, 0.717) is 24.1 Å². The summed E-state index contributed by atoms with van der Waals surface area (Å²) in [4.78, 5) is 15.0. The van der Waals surface area contributed by atoms with Crippen LogP contribution >= 0.6 is 0 Å². The molecule has 1 atom stereocenters. The van der Waals surface area contributed by atoms with E-state index >= 15 is 0 Å². The molecule has 1 unspecified atom stereocenters. The van der Waals surface area contributed by atoms with Crippen molar-refractivity contribution in [2.45, 2.75) is 25.9 Å². The number of aromatic nitrogens is 3. The fourth-order valence-corrected chi connectivity index (χ4v) is 4.21. The number of ether oxygens (including phenoxy) is 1. The molecule has 1 saturated heterocycles. The standard InChI is InChI=1S/C20H29N5O2/c1-23-8-2-3-19(23)20(26)21-11-17-13-24(12-16-5-9-27-10-6-16)15-18-4-7-22-25(18)14-17/h2-4,7-8,16-17H,5-6,9-15H2,1H3,(H,21,26). The molecule has 7 nitrogen and oxygen atoms in total. The predicted octanol–water partition coefficient (Wildman–Crippen LogP) is 1.51. The van der Waals surface area contributed by atoms with Crippen molar-refractivity contribution < 1.29 is 9.53 Å². The normalized spacial score (nSPS) is 21.6. The van der Waals surface area contributed by atoms with Crippen LogP contribution in [-0.4, -0.2) is 58.0 Å². The summed E-state index contributed by atoms with van der Waals surface area (Å²) in [6, 6.07) is 5.86. The zero-order chi connectivity index (χ0) is 18.6. The molecule has 4 rings (SSSR count). The number of rotatable bonds is 5. The number of hydrogen-bond donors (Lipinski definition) is 1. The average Bonchev–Trinajstić information content (AvgIpc) is 3.25. The highest BCUT2D eigenvalue weighted by molar-refractivity contribution is 5.92. The van der Waals surface area contributed by atoms with E-state index < -0.39 is 0 Å². The lowest BCUT2D eigenvalue weighted by Gasteiger charge is -2.30. The molecule has 2 aromatic rings. The first kappa shape index (κ1) is 18.3. The van der Waals surface area contributed by atoms with Gasteiger partial charge in [0.15, 0.2) is 0 Å². The van der Waals surface area contributed by atoms with Crippen LogP contribution in [0.1, 0.15) is 29.0 Å². The van der Waals surface area contributed by atoms with Crippen LogP contribution in [0.5, 0.6) is 0 Å². The van der Waals surface area contributed by atoms with Crippen LogP contribution in [0.15, 0.2) is 30.6 Å². The Labute approximate surface area is 160 Å². The molecule has 0 aliphatic carbocycles. The molecule has 1 amide bonds. The minimum Gasteiger partial charge on any atom is -0.381 e. The van der Waals surface area contributed by atoms with E-state index in [2.05, 4.69) is 26.1 Å². The summed E-state index contributed by atoms with van der Waals surface area (Å²) in [7, 11) is 1.90. The third-order valence-corrected chi connectivity index (χ3v) is 5.72. The third kappa shape index (κ3) is 4.42. The number of nitrogens with zero attached hydrogens (tertiary/aromatic N) is 4. The second-order valence-electron chi connectivity index (χ2n) is 7.83. The first-order chi connectivity index (χ1) is 13.2. The number of fused-ring (bicyclic) bond motifs is 1. The van der Waals surface area contributed by atoms with E-state index in [-0.39, 0.29) is 5.91 Å². The first-order valence-electron chi connectivity index (χ1n) is 9.89. The molecule has 146 valence electrons. The van der Waals surface area contributed by atoms with Gasteiger partial charge in [-0.15, -0.1) is 0 Å². The van der Waals surface area contributed by atoms with Crippen LogP contribution in [0.2, 0.25) is 0 Å². The molecule has 0 radical (unpaired) electrons. The summed E-state index contributed by atoms with van der Waals surface area (Å²) >= 11 is 0. The molecule has 0 bridgehead atoms. The molecule has 0 spiro atoms. The van der Waals surface area contributed by atoms with Crippen LogP contribution in [0, 0.1) is 11.8 Å². The van der Waals surface area contributed by atoms with Crippen LogP contribution in [0.25, 0.3) is 0 Å². The minimum atomic E-state index is -0.0107. The predicted molar refractivity (Wildman–Crippen MR) is 102 cm³/mol. The first-order valence-corrected chi connectivity index (χ1v) is 9.89. The Kier molecular flexibility index (Phi) is 5.59. The smallest absolute Gasteiger partial charge is 0.267 e. The van der Waals surface area contributed by atoms with E-state index in [9.17, 15) is 4.79 Å². The van der Waals surface area contributed by atoms with Gasteiger partial charge in [-0.05, 0) is 37.0 Å². The zero-order valence-electron chi connectivity index (χ0n) is 16.0. The maximum atomic E-state index is 12.5. The number of hydrogen-bond acceptors (Lipinski definition) is 4. The van der Waals surface area contributed by atoms with E-state index in [1.165, 1.54) is 5.69 Å². The zero-order valence-corrected chi connectivity index (χ0v) is 16.0. The molecule has 1 fully saturated rings. The highest BCUT2D eigenvalue weighted by Crippen LogP contribution is 2.21. The SMILES string of the molecule is Cn1cccc1C(=O)NCC1CN(CC2CCOCC2)Cc2ccnn2C1. The Morgan fingerprint density at radius 1 is 1.26 bits per heavy atom. The van der Waals surface area contributed by atoms with Gasteiger partial charge >= 0.3 is 0 Å². The van der Waals surface area contributed by atoms with Gasteiger partial charge < -0.3 is 14.6 Å². The lowest BCUT2D eigenvalue weighted by atomic mass is 9.99. The van der Waals surface area contributed by atoms with Gasteiger partial charge in [-0.25, -0.2) is 0 Å². The summed E-state index contributed by atoms with van der Waals surface area (Å²) < 4.78 is 9.46. The molecule has 7 heteroatoms. The summed E-state index contributed by atoms with van der Waals surface area (Å²) in [6.45, 7) is 6.28. The second-order valence-corrected chi connectivity index (χ2v) is 7.83. The molecule has 2 aromatic heterocycles. The molecule has 1 N–H and O–H groups in total. The van der Waals surface area contributed by atoms with Crippen molar-refractivity contribution in [2.24, 2.45) is 18.9 Å². The van der Waals surface area contributed by atoms with Gasteiger partial charge in [0.1, 0.15) is 5.69 Å². The van der Waals surface area contributed by atoms with Crippen molar-refractivity contribution in [1.82, 2.24) is 24.6 Å². The van der Waals surface area contributed by atoms with E-state index in [0.717, 1.165) is 52.2 Å². The lowest BCUT2D eigenvalue weighted by Crippen LogP contribution is -2.39. The summed E-state index contributed by atoms with van der Waals surface area (Å²) in [6.07, 6.45) is 6.06. The minimum absolute atomic E-state index is 0.0107. The Morgan fingerprint density at radius 3 is 2.89 bits per heavy atom. The number of amides is 1. The molecular formula is C20H29N5O2. The van der Waals surface area contributed by atoms with Crippen molar-refractivity contribution in [3.63, 3.8) is 0 Å². The Bertz CT molecular complexity index is 762. The molecule has 0 saturated carbocycles. The topological polar surface area (TPSA) is 64.3 Å². The quantitative estimate of drug-likeness (QED) is 0.865. The van der Waals surface area contributed by atoms with E-state index in [1.54, 1.807) is 0 Å². The van der Waals surface area contributed by atoms with E-state index in [4.69, 9.17) is 4.74 Å². The molecule has 2 aliphatic rings. The fraction of sp³-hybridized carbons (Fsp3) is 0.600. The number of aryl methyl sites for hydroxylation is 1. The third-order valence-electron chi connectivity index (χ3n) is 5.72. The van der Waals surface area contributed by atoms with Gasteiger partial charge in [-0.2, -0.15) is 5.10 Å². The monoisotopic (exact) mass is 371 g/mol. The molecule has 2 aliphatic heterocycles.